The molecule has 0 spiro atoms. The van der Waals surface area contributed by atoms with Gasteiger partial charge >= 0.3 is 0 Å². The van der Waals surface area contributed by atoms with Crippen LogP contribution >= 0.6 is 11.3 Å². The molecule has 0 aliphatic rings. The highest BCUT2D eigenvalue weighted by Crippen LogP contribution is 2.33. The molecule has 102 valence electrons. The number of nitrogen functional groups attached to an aromatic ring is 1. The van der Waals surface area contributed by atoms with Gasteiger partial charge in [-0.15, -0.1) is 0 Å². The zero-order valence-electron chi connectivity index (χ0n) is 11.0. The van der Waals surface area contributed by atoms with Crippen LogP contribution in [0, 0.1) is 0 Å². The lowest BCUT2D eigenvalue weighted by atomic mass is 10.3. The molecule has 4 nitrogen and oxygen atoms in total. The molecule has 2 N–H and O–H groups in total. The number of anilines is 1. The molecule has 0 unspecified atom stereocenters. The SMILES string of the molecule is CCOc1cccc(Oc2nc3ccc(N)cc3s2)c1. The minimum absolute atomic E-state index is 0.597. The van der Waals surface area contributed by atoms with Crippen LogP contribution < -0.4 is 15.2 Å². The summed E-state index contributed by atoms with van der Waals surface area (Å²) < 4.78 is 12.2. The van der Waals surface area contributed by atoms with Gasteiger partial charge in [-0.1, -0.05) is 17.4 Å². The van der Waals surface area contributed by atoms with Crippen LogP contribution in [0.1, 0.15) is 6.92 Å². The molecule has 0 atom stereocenters. The predicted octanol–water partition coefficient (Wildman–Crippen LogP) is 4.07. The van der Waals surface area contributed by atoms with Crippen molar-refractivity contribution in [3.05, 3.63) is 42.5 Å². The first-order valence-corrected chi connectivity index (χ1v) is 7.13. The van der Waals surface area contributed by atoms with Crippen LogP contribution in [0.15, 0.2) is 42.5 Å². The van der Waals surface area contributed by atoms with Crippen molar-refractivity contribution in [2.24, 2.45) is 0 Å². The number of nitrogens with two attached hydrogens (primary N) is 1. The summed E-state index contributed by atoms with van der Waals surface area (Å²) in [7, 11) is 0. The van der Waals surface area contributed by atoms with Crippen LogP contribution in [-0.4, -0.2) is 11.6 Å². The molecular formula is C15H14N2O2S. The maximum Gasteiger partial charge on any atom is 0.279 e. The maximum atomic E-state index is 5.78. The van der Waals surface area contributed by atoms with Crippen molar-refractivity contribution in [3.63, 3.8) is 0 Å². The predicted molar refractivity (Wildman–Crippen MR) is 81.7 cm³/mol. The number of nitrogens with zero attached hydrogens (tertiary/aromatic N) is 1. The molecule has 0 aliphatic heterocycles. The van der Waals surface area contributed by atoms with Crippen LogP contribution in [0.25, 0.3) is 10.2 Å². The van der Waals surface area contributed by atoms with Gasteiger partial charge in [-0.05, 0) is 37.3 Å². The third-order valence-electron chi connectivity index (χ3n) is 2.71. The van der Waals surface area contributed by atoms with E-state index in [-0.39, 0.29) is 0 Å². The van der Waals surface area contributed by atoms with Crippen molar-refractivity contribution >= 4 is 27.2 Å². The van der Waals surface area contributed by atoms with E-state index in [2.05, 4.69) is 4.98 Å². The van der Waals surface area contributed by atoms with E-state index in [0.29, 0.717) is 17.6 Å². The molecule has 1 aromatic heterocycles. The van der Waals surface area contributed by atoms with Crippen molar-refractivity contribution in [2.75, 3.05) is 12.3 Å². The zero-order valence-corrected chi connectivity index (χ0v) is 11.8. The lowest BCUT2D eigenvalue weighted by Gasteiger charge is -2.05. The van der Waals surface area contributed by atoms with Crippen molar-refractivity contribution in [2.45, 2.75) is 6.92 Å². The molecule has 2 aromatic carbocycles. The highest BCUT2D eigenvalue weighted by molar-refractivity contribution is 7.20. The number of ether oxygens (including phenoxy) is 2. The maximum absolute atomic E-state index is 5.78. The molecule has 3 aromatic rings. The van der Waals surface area contributed by atoms with Gasteiger partial charge in [0, 0.05) is 11.8 Å². The molecule has 0 saturated heterocycles. The van der Waals surface area contributed by atoms with Crippen LogP contribution in [0.3, 0.4) is 0 Å². The molecule has 1 heterocycles. The Labute approximate surface area is 120 Å². The van der Waals surface area contributed by atoms with Gasteiger partial charge in [-0.25, -0.2) is 4.98 Å². The average Bonchev–Trinajstić information content (AvgIpc) is 2.81. The molecule has 0 radical (unpaired) electrons. The molecule has 5 heteroatoms. The summed E-state index contributed by atoms with van der Waals surface area (Å²) in [6, 6.07) is 13.1. The Morgan fingerprint density at radius 1 is 1.15 bits per heavy atom. The number of hydrogen-bond acceptors (Lipinski definition) is 5. The van der Waals surface area contributed by atoms with Crippen molar-refractivity contribution in [1.29, 1.82) is 0 Å². The van der Waals surface area contributed by atoms with E-state index in [1.54, 1.807) is 0 Å². The number of benzene rings is 2. The Morgan fingerprint density at radius 3 is 2.85 bits per heavy atom. The molecule has 20 heavy (non-hydrogen) atoms. The third kappa shape index (κ3) is 2.67. The largest absolute Gasteiger partial charge is 0.494 e. The Kier molecular flexibility index (Phi) is 3.43. The molecule has 0 fully saturated rings. The third-order valence-corrected chi connectivity index (χ3v) is 3.61. The van der Waals surface area contributed by atoms with E-state index < -0.39 is 0 Å². The number of fused-ring (bicyclic) bond motifs is 1. The minimum Gasteiger partial charge on any atom is -0.494 e. The van der Waals surface area contributed by atoms with Gasteiger partial charge in [0.1, 0.15) is 11.5 Å². The van der Waals surface area contributed by atoms with Gasteiger partial charge in [0.2, 0.25) is 0 Å². The lowest BCUT2D eigenvalue weighted by molar-refractivity contribution is 0.338. The topological polar surface area (TPSA) is 57.4 Å². The standard InChI is InChI=1S/C15H14N2O2S/c1-2-18-11-4-3-5-12(9-11)19-15-17-13-7-6-10(16)8-14(13)20-15/h3-9H,2,16H2,1H3. The van der Waals surface area contributed by atoms with Crippen LogP contribution in [-0.2, 0) is 0 Å². The molecule has 0 saturated carbocycles. The molecule has 0 amide bonds. The fraction of sp³-hybridized carbons (Fsp3) is 0.133. The molecule has 0 bridgehead atoms. The summed E-state index contributed by atoms with van der Waals surface area (Å²) in [5.74, 6) is 1.50. The Morgan fingerprint density at radius 2 is 2.00 bits per heavy atom. The summed E-state index contributed by atoms with van der Waals surface area (Å²) in [6.07, 6.45) is 0. The van der Waals surface area contributed by atoms with E-state index in [1.165, 1.54) is 11.3 Å². The first-order valence-electron chi connectivity index (χ1n) is 6.31. The Bertz CT molecular complexity index is 740. The highest BCUT2D eigenvalue weighted by Gasteiger charge is 2.07. The van der Waals surface area contributed by atoms with E-state index >= 15 is 0 Å². The van der Waals surface area contributed by atoms with Crippen molar-refractivity contribution < 1.29 is 9.47 Å². The van der Waals surface area contributed by atoms with Gasteiger partial charge in [0.25, 0.3) is 5.19 Å². The number of rotatable bonds is 4. The van der Waals surface area contributed by atoms with E-state index in [0.717, 1.165) is 21.7 Å². The van der Waals surface area contributed by atoms with Gasteiger partial charge in [-0.2, -0.15) is 0 Å². The van der Waals surface area contributed by atoms with Crippen LogP contribution in [0.4, 0.5) is 5.69 Å². The van der Waals surface area contributed by atoms with E-state index in [9.17, 15) is 0 Å². The highest BCUT2D eigenvalue weighted by atomic mass is 32.1. The van der Waals surface area contributed by atoms with Gasteiger partial charge in [-0.3, -0.25) is 0 Å². The monoisotopic (exact) mass is 286 g/mol. The van der Waals surface area contributed by atoms with E-state index in [4.69, 9.17) is 15.2 Å². The number of thiazole rings is 1. The Hall–Kier alpha value is -2.27. The van der Waals surface area contributed by atoms with Crippen LogP contribution in [0.5, 0.6) is 16.7 Å². The molecule has 3 rings (SSSR count). The smallest absolute Gasteiger partial charge is 0.279 e. The normalized spacial score (nSPS) is 10.7. The van der Waals surface area contributed by atoms with Gasteiger partial charge < -0.3 is 15.2 Å². The van der Waals surface area contributed by atoms with Gasteiger partial charge in [0.05, 0.1) is 16.8 Å². The molecular weight excluding hydrogens is 272 g/mol. The fourth-order valence-electron chi connectivity index (χ4n) is 1.86. The summed E-state index contributed by atoms with van der Waals surface area (Å²) in [4.78, 5) is 4.42. The van der Waals surface area contributed by atoms with Gasteiger partial charge in [0.15, 0.2) is 0 Å². The van der Waals surface area contributed by atoms with Crippen molar-refractivity contribution in [1.82, 2.24) is 4.98 Å². The fourth-order valence-corrected chi connectivity index (χ4v) is 2.74. The Balaban J connectivity index is 1.87. The number of hydrogen-bond donors (Lipinski definition) is 1. The first-order chi connectivity index (χ1) is 9.74. The molecule has 0 aliphatic carbocycles. The minimum atomic E-state index is 0.597. The summed E-state index contributed by atoms with van der Waals surface area (Å²) in [6.45, 7) is 2.58. The lowest BCUT2D eigenvalue weighted by Crippen LogP contribution is -1.91. The second-order valence-electron chi connectivity index (χ2n) is 4.22. The average molecular weight is 286 g/mol. The second kappa shape index (κ2) is 5.38. The number of aromatic nitrogens is 1. The quantitative estimate of drug-likeness (QED) is 0.734. The summed E-state index contributed by atoms with van der Waals surface area (Å²) >= 11 is 1.47. The van der Waals surface area contributed by atoms with Crippen molar-refractivity contribution in [3.8, 4) is 16.7 Å². The zero-order chi connectivity index (χ0) is 13.9. The van der Waals surface area contributed by atoms with E-state index in [1.807, 2.05) is 49.4 Å². The summed E-state index contributed by atoms with van der Waals surface area (Å²) in [5.41, 5.74) is 7.38. The first kappa shape index (κ1) is 12.7. The second-order valence-corrected chi connectivity index (χ2v) is 5.21. The summed E-state index contributed by atoms with van der Waals surface area (Å²) in [5, 5.41) is 0.597. The van der Waals surface area contributed by atoms with Crippen LogP contribution in [0.2, 0.25) is 0 Å².